The molecule has 0 bridgehead atoms. The Morgan fingerprint density at radius 2 is 1.81 bits per heavy atom. The van der Waals surface area contributed by atoms with Gasteiger partial charge in [-0.25, -0.2) is 0 Å². The van der Waals surface area contributed by atoms with Crippen LogP contribution in [0.4, 0.5) is 0 Å². The lowest BCUT2D eigenvalue weighted by molar-refractivity contribution is 0.372. The molecule has 1 aromatic carbocycles. The zero-order chi connectivity index (χ0) is 12.1. The van der Waals surface area contributed by atoms with Crippen molar-refractivity contribution in [3.63, 3.8) is 0 Å². The van der Waals surface area contributed by atoms with Gasteiger partial charge >= 0.3 is 0 Å². The van der Waals surface area contributed by atoms with Crippen molar-refractivity contribution in [3.8, 4) is 0 Å². The molecule has 4 N–H and O–H groups in total. The van der Waals surface area contributed by atoms with Crippen LogP contribution in [-0.2, 0) is 6.42 Å². The molecule has 0 heterocycles. The van der Waals surface area contributed by atoms with Gasteiger partial charge in [0, 0.05) is 0 Å². The minimum absolute atomic E-state index is 0.329. The molecule has 0 amide bonds. The summed E-state index contributed by atoms with van der Waals surface area (Å²) < 4.78 is 0. The Kier molecular flexibility index (Phi) is 5.56. The highest BCUT2D eigenvalue weighted by Crippen LogP contribution is 2.28. The summed E-state index contributed by atoms with van der Waals surface area (Å²) in [6.45, 7) is 3.35. The van der Waals surface area contributed by atoms with Gasteiger partial charge in [-0.15, -0.1) is 0 Å². The second kappa shape index (κ2) is 6.45. The van der Waals surface area contributed by atoms with E-state index in [0.717, 1.165) is 12.0 Å². The van der Waals surface area contributed by atoms with Crippen LogP contribution in [0.5, 0.6) is 0 Å². The summed E-state index contributed by atoms with van der Waals surface area (Å²) in [5.41, 5.74) is 12.4. The highest BCUT2D eigenvalue weighted by Gasteiger charge is 2.16. The molecule has 0 radical (unpaired) electrons. The van der Waals surface area contributed by atoms with Crippen molar-refractivity contribution >= 4 is 23.2 Å². The lowest BCUT2D eigenvalue weighted by Crippen LogP contribution is -2.30. The third-order valence-electron chi connectivity index (χ3n) is 2.98. The second-order valence-electron chi connectivity index (χ2n) is 4.13. The van der Waals surface area contributed by atoms with E-state index >= 15 is 0 Å². The van der Waals surface area contributed by atoms with Crippen molar-refractivity contribution in [3.05, 3.63) is 33.8 Å². The molecule has 0 saturated heterocycles. The summed E-state index contributed by atoms with van der Waals surface area (Å²) in [4.78, 5) is 0. The molecule has 1 unspecified atom stereocenters. The van der Waals surface area contributed by atoms with Gasteiger partial charge in [0.1, 0.15) is 0 Å². The average molecular weight is 261 g/mol. The van der Waals surface area contributed by atoms with Crippen LogP contribution in [0.25, 0.3) is 0 Å². The van der Waals surface area contributed by atoms with Crippen molar-refractivity contribution < 1.29 is 0 Å². The van der Waals surface area contributed by atoms with E-state index in [9.17, 15) is 0 Å². The Bertz CT molecular complexity index is 338. The first-order valence-corrected chi connectivity index (χ1v) is 6.18. The van der Waals surface area contributed by atoms with Gasteiger partial charge in [-0.1, -0.05) is 42.3 Å². The number of halogens is 2. The van der Waals surface area contributed by atoms with Gasteiger partial charge in [-0.05, 0) is 43.0 Å². The number of hydrogen-bond donors (Lipinski definition) is 2. The Morgan fingerprint density at radius 1 is 1.19 bits per heavy atom. The van der Waals surface area contributed by atoms with Crippen molar-refractivity contribution in [1.29, 1.82) is 0 Å². The molecule has 0 fully saturated rings. The molecule has 2 nitrogen and oxygen atoms in total. The fraction of sp³-hybridized carbons (Fsp3) is 0.500. The van der Waals surface area contributed by atoms with Crippen LogP contribution < -0.4 is 11.5 Å². The van der Waals surface area contributed by atoms with Crippen molar-refractivity contribution in [2.75, 3.05) is 13.1 Å². The lowest BCUT2D eigenvalue weighted by Gasteiger charge is -2.21. The number of hydrogen-bond acceptors (Lipinski definition) is 2. The minimum Gasteiger partial charge on any atom is -0.330 e. The summed E-state index contributed by atoms with van der Waals surface area (Å²) in [6.07, 6.45) is 0.860. The maximum absolute atomic E-state index is 6.13. The topological polar surface area (TPSA) is 52.0 Å². The predicted molar refractivity (Wildman–Crippen MR) is 70.9 cm³/mol. The summed E-state index contributed by atoms with van der Waals surface area (Å²) in [6, 6.07) is 5.70. The van der Waals surface area contributed by atoms with E-state index in [1.807, 2.05) is 12.1 Å². The quantitative estimate of drug-likeness (QED) is 0.856. The molecule has 0 aromatic heterocycles. The molecule has 4 heteroatoms. The summed E-state index contributed by atoms with van der Waals surface area (Å²) in [7, 11) is 0. The Labute approximate surface area is 107 Å². The van der Waals surface area contributed by atoms with Crippen molar-refractivity contribution in [2.24, 2.45) is 23.3 Å². The normalized spacial score (nSPS) is 13.1. The summed E-state index contributed by atoms with van der Waals surface area (Å²) in [5.74, 6) is 0.737. The Balaban J connectivity index is 2.76. The molecule has 1 rings (SSSR count). The number of benzene rings is 1. The molecule has 0 aliphatic heterocycles. The number of rotatable bonds is 5. The smallest absolute Gasteiger partial charge is 0.0624 e. The first-order chi connectivity index (χ1) is 7.60. The van der Waals surface area contributed by atoms with Crippen molar-refractivity contribution in [1.82, 2.24) is 0 Å². The molecular weight excluding hydrogens is 243 g/mol. The van der Waals surface area contributed by atoms with E-state index in [0.29, 0.717) is 35.0 Å². The van der Waals surface area contributed by atoms with Gasteiger partial charge in [0.05, 0.1) is 10.0 Å². The van der Waals surface area contributed by atoms with Crippen LogP contribution in [0.1, 0.15) is 12.5 Å². The molecule has 16 heavy (non-hydrogen) atoms. The Morgan fingerprint density at radius 3 is 2.38 bits per heavy atom. The number of nitrogens with two attached hydrogens (primary N) is 2. The van der Waals surface area contributed by atoms with E-state index in [-0.39, 0.29) is 0 Å². The molecule has 1 aromatic rings. The summed E-state index contributed by atoms with van der Waals surface area (Å²) >= 11 is 12.1. The largest absolute Gasteiger partial charge is 0.330 e. The molecule has 1 atom stereocenters. The van der Waals surface area contributed by atoms with Crippen LogP contribution in [-0.4, -0.2) is 13.1 Å². The van der Waals surface area contributed by atoms with Crippen LogP contribution in [0.2, 0.25) is 10.0 Å². The molecule has 0 aliphatic rings. The van der Waals surface area contributed by atoms with Crippen LogP contribution >= 0.6 is 23.2 Å². The highest BCUT2D eigenvalue weighted by atomic mass is 35.5. The fourth-order valence-corrected chi connectivity index (χ4v) is 2.18. The van der Waals surface area contributed by atoms with Crippen LogP contribution in [0, 0.1) is 11.8 Å². The zero-order valence-corrected chi connectivity index (χ0v) is 10.9. The second-order valence-corrected chi connectivity index (χ2v) is 4.91. The fourth-order valence-electron chi connectivity index (χ4n) is 1.78. The van der Waals surface area contributed by atoms with Crippen molar-refractivity contribution in [2.45, 2.75) is 13.3 Å². The SMILES string of the molecule is CC(Cc1cccc(Cl)c1Cl)C(CN)CN. The third-order valence-corrected chi connectivity index (χ3v) is 3.84. The van der Waals surface area contributed by atoms with Crippen LogP contribution in [0.3, 0.4) is 0 Å². The maximum Gasteiger partial charge on any atom is 0.0624 e. The van der Waals surface area contributed by atoms with E-state index < -0.39 is 0 Å². The van der Waals surface area contributed by atoms with E-state index in [4.69, 9.17) is 34.7 Å². The van der Waals surface area contributed by atoms with E-state index in [2.05, 4.69) is 6.92 Å². The molecule has 0 saturated carbocycles. The van der Waals surface area contributed by atoms with Gasteiger partial charge in [0.25, 0.3) is 0 Å². The molecule has 90 valence electrons. The Hall–Kier alpha value is -0.280. The monoisotopic (exact) mass is 260 g/mol. The molecule has 0 spiro atoms. The van der Waals surface area contributed by atoms with Gasteiger partial charge < -0.3 is 11.5 Å². The standard InChI is InChI=1S/C12H18Cl2N2/c1-8(10(6-15)7-16)5-9-3-2-4-11(13)12(9)14/h2-4,8,10H,5-7,15-16H2,1H3. The average Bonchev–Trinajstić information content (AvgIpc) is 2.26. The van der Waals surface area contributed by atoms with Crippen LogP contribution in [0.15, 0.2) is 18.2 Å². The molecule has 0 aliphatic carbocycles. The highest BCUT2D eigenvalue weighted by molar-refractivity contribution is 6.42. The first kappa shape index (κ1) is 13.8. The lowest BCUT2D eigenvalue weighted by atomic mass is 9.88. The minimum atomic E-state index is 0.329. The zero-order valence-electron chi connectivity index (χ0n) is 9.42. The first-order valence-electron chi connectivity index (χ1n) is 5.43. The third kappa shape index (κ3) is 3.36. The van der Waals surface area contributed by atoms with Gasteiger partial charge in [0.2, 0.25) is 0 Å². The molecular formula is C12H18Cl2N2. The summed E-state index contributed by atoms with van der Waals surface area (Å²) in [5, 5.41) is 1.24. The van der Waals surface area contributed by atoms with E-state index in [1.54, 1.807) is 6.07 Å². The van der Waals surface area contributed by atoms with Gasteiger partial charge in [0.15, 0.2) is 0 Å². The van der Waals surface area contributed by atoms with Gasteiger partial charge in [-0.2, -0.15) is 0 Å². The predicted octanol–water partition coefficient (Wildman–Crippen LogP) is 2.71. The van der Waals surface area contributed by atoms with Gasteiger partial charge in [-0.3, -0.25) is 0 Å². The maximum atomic E-state index is 6.13. The van der Waals surface area contributed by atoms with E-state index in [1.165, 1.54) is 0 Å².